The minimum atomic E-state index is -0.566. The van der Waals surface area contributed by atoms with Crippen LogP contribution in [0.3, 0.4) is 0 Å². The van der Waals surface area contributed by atoms with Crippen molar-refractivity contribution in [1.29, 1.82) is 5.26 Å². The van der Waals surface area contributed by atoms with Crippen LogP contribution < -0.4 is 5.32 Å². The number of carbonyl (C=O) groups excluding carboxylic acids is 1. The van der Waals surface area contributed by atoms with E-state index >= 15 is 0 Å². The van der Waals surface area contributed by atoms with Gasteiger partial charge in [-0.2, -0.15) is 5.26 Å². The quantitative estimate of drug-likeness (QED) is 0.251. The van der Waals surface area contributed by atoms with E-state index in [1.165, 1.54) is 17.4 Å². The number of furan rings is 1. The highest BCUT2D eigenvalue weighted by molar-refractivity contribution is 7.16. The Balaban J connectivity index is 1.53. The van der Waals surface area contributed by atoms with Crippen LogP contribution in [-0.4, -0.2) is 10.9 Å². The molecule has 0 aliphatic rings. The minimum absolute atomic E-state index is 0.110. The minimum Gasteiger partial charge on any atom is -0.457 e. The molecule has 9 heteroatoms. The second-order valence-corrected chi connectivity index (χ2v) is 8.61. The highest BCUT2D eigenvalue weighted by Crippen LogP contribution is 2.32. The standard InChI is InChI=1S/C21H11Cl2N3O2S2/c22-13-3-5-16(23)15(9-13)18-6-4-14(28-18)8-12(10-24)20(27)26-21-25-17(11-30-21)19-2-1-7-29-19/h1-9,11H,(H,25,26,27)/b12-8-. The second kappa shape index (κ2) is 8.86. The first-order valence-corrected chi connectivity index (χ1v) is 11.0. The lowest BCUT2D eigenvalue weighted by Crippen LogP contribution is -2.13. The molecule has 3 heterocycles. The highest BCUT2D eigenvalue weighted by atomic mass is 35.5. The van der Waals surface area contributed by atoms with Gasteiger partial charge in [-0.3, -0.25) is 10.1 Å². The van der Waals surface area contributed by atoms with E-state index < -0.39 is 5.91 Å². The zero-order valence-corrected chi connectivity index (χ0v) is 18.2. The number of aromatic nitrogens is 1. The molecule has 0 aliphatic carbocycles. The molecule has 4 rings (SSSR count). The molecule has 0 saturated heterocycles. The molecule has 3 aromatic heterocycles. The maximum atomic E-state index is 12.5. The van der Waals surface area contributed by atoms with Gasteiger partial charge in [0.1, 0.15) is 23.2 Å². The average molecular weight is 472 g/mol. The Morgan fingerprint density at radius 2 is 2.07 bits per heavy atom. The molecular weight excluding hydrogens is 461 g/mol. The van der Waals surface area contributed by atoms with Crippen LogP contribution in [0.1, 0.15) is 5.76 Å². The van der Waals surface area contributed by atoms with E-state index in [1.807, 2.05) is 29.0 Å². The van der Waals surface area contributed by atoms with Gasteiger partial charge in [-0.25, -0.2) is 4.98 Å². The normalized spacial score (nSPS) is 11.3. The van der Waals surface area contributed by atoms with Crippen molar-refractivity contribution in [1.82, 2.24) is 4.98 Å². The van der Waals surface area contributed by atoms with Crippen molar-refractivity contribution >= 4 is 63.0 Å². The van der Waals surface area contributed by atoms with E-state index in [4.69, 9.17) is 27.6 Å². The number of thiophene rings is 1. The Morgan fingerprint density at radius 3 is 2.83 bits per heavy atom. The van der Waals surface area contributed by atoms with Gasteiger partial charge < -0.3 is 4.42 Å². The summed E-state index contributed by atoms with van der Waals surface area (Å²) >= 11 is 15.1. The summed E-state index contributed by atoms with van der Waals surface area (Å²) in [5.74, 6) is 0.251. The number of anilines is 1. The molecule has 0 fully saturated rings. The molecule has 0 aliphatic heterocycles. The molecule has 1 amide bonds. The number of nitrogens with zero attached hydrogens (tertiary/aromatic N) is 2. The maximum Gasteiger partial charge on any atom is 0.268 e. The zero-order valence-electron chi connectivity index (χ0n) is 15.1. The number of halogens is 2. The number of rotatable bonds is 5. The smallest absolute Gasteiger partial charge is 0.268 e. The molecule has 148 valence electrons. The fourth-order valence-corrected chi connectivity index (χ4v) is 4.43. The van der Waals surface area contributed by atoms with Gasteiger partial charge in [0.2, 0.25) is 0 Å². The summed E-state index contributed by atoms with van der Waals surface area (Å²) < 4.78 is 5.73. The van der Waals surface area contributed by atoms with Crippen LogP contribution in [0, 0.1) is 11.3 Å². The van der Waals surface area contributed by atoms with E-state index in [2.05, 4.69) is 10.3 Å². The number of benzene rings is 1. The van der Waals surface area contributed by atoms with E-state index in [-0.39, 0.29) is 5.57 Å². The summed E-state index contributed by atoms with van der Waals surface area (Å²) in [7, 11) is 0. The van der Waals surface area contributed by atoms with E-state index in [9.17, 15) is 10.1 Å². The van der Waals surface area contributed by atoms with Crippen LogP contribution in [0.2, 0.25) is 10.0 Å². The Morgan fingerprint density at radius 1 is 1.20 bits per heavy atom. The second-order valence-electron chi connectivity index (χ2n) is 5.97. The van der Waals surface area contributed by atoms with Crippen molar-refractivity contribution < 1.29 is 9.21 Å². The van der Waals surface area contributed by atoms with Crippen molar-refractivity contribution in [3.63, 3.8) is 0 Å². The number of hydrogen-bond donors (Lipinski definition) is 1. The first-order chi connectivity index (χ1) is 14.5. The van der Waals surface area contributed by atoms with Crippen LogP contribution in [0.5, 0.6) is 0 Å². The van der Waals surface area contributed by atoms with Crippen molar-refractivity contribution in [3.05, 3.63) is 74.6 Å². The molecule has 1 N–H and O–H groups in total. The highest BCUT2D eigenvalue weighted by Gasteiger charge is 2.15. The number of carbonyl (C=O) groups is 1. The van der Waals surface area contributed by atoms with Crippen LogP contribution >= 0.6 is 45.9 Å². The van der Waals surface area contributed by atoms with Gasteiger partial charge >= 0.3 is 0 Å². The van der Waals surface area contributed by atoms with Crippen molar-refractivity contribution in [3.8, 4) is 28.0 Å². The lowest BCUT2D eigenvalue weighted by Gasteiger charge is -2.01. The SMILES string of the molecule is N#C/C(=C/c1ccc(-c2cc(Cl)ccc2Cl)o1)C(=O)Nc1nc(-c2cccs2)cs1. The van der Waals surface area contributed by atoms with Gasteiger partial charge in [0.25, 0.3) is 5.91 Å². The maximum absolute atomic E-state index is 12.5. The third-order valence-electron chi connectivity index (χ3n) is 3.97. The monoisotopic (exact) mass is 471 g/mol. The molecule has 1 aromatic carbocycles. The molecule has 5 nitrogen and oxygen atoms in total. The summed E-state index contributed by atoms with van der Waals surface area (Å²) in [6.45, 7) is 0. The van der Waals surface area contributed by atoms with Gasteiger partial charge in [-0.05, 0) is 41.8 Å². The number of hydrogen-bond acceptors (Lipinski definition) is 6. The first-order valence-electron chi connectivity index (χ1n) is 8.51. The Hall–Kier alpha value is -2.89. The lowest BCUT2D eigenvalue weighted by molar-refractivity contribution is -0.112. The van der Waals surface area contributed by atoms with Gasteiger partial charge in [0, 0.05) is 22.0 Å². The molecule has 0 spiro atoms. The lowest BCUT2D eigenvalue weighted by atomic mass is 10.2. The van der Waals surface area contributed by atoms with E-state index in [0.29, 0.717) is 32.3 Å². The third-order valence-corrected chi connectivity index (χ3v) is 6.19. The molecule has 0 saturated carbocycles. The van der Waals surface area contributed by atoms with Crippen molar-refractivity contribution in [2.24, 2.45) is 0 Å². The van der Waals surface area contributed by atoms with Gasteiger partial charge in [0.15, 0.2) is 5.13 Å². The number of nitriles is 1. The number of thiazole rings is 1. The number of nitrogens with one attached hydrogen (secondary N) is 1. The summed E-state index contributed by atoms with van der Waals surface area (Å²) in [4.78, 5) is 17.9. The van der Waals surface area contributed by atoms with Crippen LogP contribution in [0.4, 0.5) is 5.13 Å². The fraction of sp³-hybridized carbons (Fsp3) is 0. The van der Waals surface area contributed by atoms with Crippen LogP contribution in [0.25, 0.3) is 28.0 Å². The largest absolute Gasteiger partial charge is 0.457 e. The molecular formula is C21H11Cl2N3O2S2. The third kappa shape index (κ3) is 4.48. The van der Waals surface area contributed by atoms with Crippen LogP contribution in [0.15, 0.2) is 63.2 Å². The Bertz CT molecular complexity index is 1280. The van der Waals surface area contributed by atoms with Gasteiger partial charge in [0.05, 0.1) is 15.6 Å². The van der Waals surface area contributed by atoms with E-state index in [1.54, 1.807) is 41.7 Å². The average Bonchev–Trinajstić information content (AvgIpc) is 3.49. The predicted molar refractivity (Wildman–Crippen MR) is 122 cm³/mol. The topological polar surface area (TPSA) is 78.9 Å². The molecule has 0 bridgehead atoms. The molecule has 0 atom stereocenters. The van der Waals surface area contributed by atoms with Gasteiger partial charge in [-0.15, -0.1) is 22.7 Å². The van der Waals surface area contributed by atoms with Crippen LogP contribution in [-0.2, 0) is 4.79 Å². The summed E-state index contributed by atoms with van der Waals surface area (Å²) in [5, 5.41) is 17.3. The first kappa shape index (κ1) is 20.4. The fourth-order valence-electron chi connectivity index (χ4n) is 2.59. The van der Waals surface area contributed by atoms with Crippen molar-refractivity contribution in [2.75, 3.05) is 5.32 Å². The summed E-state index contributed by atoms with van der Waals surface area (Å²) in [6.07, 6.45) is 1.37. The number of amides is 1. The predicted octanol–water partition coefficient (Wildman–Crippen LogP) is 6.98. The Kier molecular flexibility index (Phi) is 6.02. The summed E-state index contributed by atoms with van der Waals surface area (Å²) in [5.41, 5.74) is 1.29. The molecule has 0 radical (unpaired) electrons. The summed E-state index contributed by atoms with van der Waals surface area (Å²) in [6, 6.07) is 14.2. The van der Waals surface area contributed by atoms with Crippen molar-refractivity contribution in [2.45, 2.75) is 0 Å². The molecule has 0 unspecified atom stereocenters. The molecule has 30 heavy (non-hydrogen) atoms. The molecule has 4 aromatic rings. The zero-order chi connectivity index (χ0) is 21.1. The Labute approximate surface area is 189 Å². The van der Waals surface area contributed by atoms with Gasteiger partial charge in [-0.1, -0.05) is 29.3 Å². The van der Waals surface area contributed by atoms with E-state index in [0.717, 1.165) is 10.6 Å².